The lowest BCUT2D eigenvalue weighted by Gasteiger charge is -1.99. The van der Waals surface area contributed by atoms with Crippen LogP contribution in [-0.4, -0.2) is 15.2 Å². The lowest BCUT2D eigenvalue weighted by Crippen LogP contribution is -1.84. The Hall–Kier alpha value is -1.98. The molecule has 0 bridgehead atoms. The number of rotatable bonds is 4. The Morgan fingerprint density at radius 2 is 1.95 bits per heavy atom. The highest BCUT2D eigenvalue weighted by Gasteiger charge is 2.13. The molecule has 3 aromatic rings. The van der Waals surface area contributed by atoms with E-state index in [2.05, 4.69) is 10.1 Å². The number of aromatic hydroxyl groups is 1. The minimum absolute atomic E-state index is 0.0605. The number of benzene rings is 2. The van der Waals surface area contributed by atoms with Crippen LogP contribution in [0.3, 0.4) is 0 Å². The molecule has 0 saturated carbocycles. The number of hydrogen-bond donors (Lipinski definition) is 1. The van der Waals surface area contributed by atoms with E-state index in [1.54, 1.807) is 23.9 Å². The second kappa shape index (κ2) is 6.20. The van der Waals surface area contributed by atoms with Crippen LogP contribution < -0.4 is 0 Å². The number of hydrogen-bond acceptors (Lipinski definition) is 5. The summed E-state index contributed by atoms with van der Waals surface area (Å²) < 4.78 is 5.18. The summed E-state index contributed by atoms with van der Waals surface area (Å²) >= 11 is 7.53. The summed E-state index contributed by atoms with van der Waals surface area (Å²) in [5.74, 6) is 1.48. The van der Waals surface area contributed by atoms with Gasteiger partial charge in [0.2, 0.25) is 0 Å². The average Bonchev–Trinajstić information content (AvgIpc) is 2.97. The molecule has 1 heterocycles. The third kappa shape index (κ3) is 3.37. The van der Waals surface area contributed by atoms with Crippen molar-refractivity contribution in [2.75, 3.05) is 0 Å². The van der Waals surface area contributed by atoms with Crippen LogP contribution in [0.25, 0.3) is 11.5 Å². The van der Waals surface area contributed by atoms with E-state index < -0.39 is 0 Å². The molecule has 0 amide bonds. The third-order valence-corrected chi connectivity index (χ3v) is 4.01. The van der Waals surface area contributed by atoms with Gasteiger partial charge in [-0.2, -0.15) is 4.98 Å². The van der Waals surface area contributed by atoms with Crippen LogP contribution in [0.1, 0.15) is 5.82 Å². The van der Waals surface area contributed by atoms with E-state index in [0.29, 0.717) is 22.2 Å². The van der Waals surface area contributed by atoms with Gasteiger partial charge in [0.05, 0.1) is 11.3 Å². The first kappa shape index (κ1) is 14.0. The molecule has 0 unspecified atom stereocenters. The van der Waals surface area contributed by atoms with Crippen LogP contribution in [0.15, 0.2) is 57.9 Å². The number of phenolic OH excluding ortho intramolecular Hbond substituents is 1. The maximum Gasteiger partial charge on any atom is 0.261 e. The van der Waals surface area contributed by atoms with Gasteiger partial charge in [-0.1, -0.05) is 35.0 Å². The molecule has 4 nitrogen and oxygen atoms in total. The zero-order valence-electron chi connectivity index (χ0n) is 10.9. The van der Waals surface area contributed by atoms with Gasteiger partial charge in [0, 0.05) is 9.92 Å². The Morgan fingerprint density at radius 1 is 1.14 bits per heavy atom. The number of aromatic nitrogens is 2. The molecule has 0 aliphatic carbocycles. The van der Waals surface area contributed by atoms with Gasteiger partial charge >= 0.3 is 0 Å². The predicted molar refractivity (Wildman–Crippen MR) is 82.4 cm³/mol. The zero-order valence-corrected chi connectivity index (χ0v) is 12.4. The van der Waals surface area contributed by atoms with Crippen molar-refractivity contribution in [2.45, 2.75) is 10.6 Å². The second-order valence-corrected chi connectivity index (χ2v) is 5.76. The summed E-state index contributed by atoms with van der Waals surface area (Å²) in [5, 5.41) is 14.2. The maximum absolute atomic E-state index is 9.81. The molecule has 0 saturated heterocycles. The van der Waals surface area contributed by atoms with Crippen molar-refractivity contribution in [2.24, 2.45) is 0 Å². The van der Waals surface area contributed by atoms with Crippen molar-refractivity contribution in [1.82, 2.24) is 10.1 Å². The molecule has 1 N–H and O–H groups in total. The van der Waals surface area contributed by atoms with Crippen LogP contribution in [0.4, 0.5) is 0 Å². The number of nitrogens with zero attached hydrogens (tertiary/aromatic N) is 2. The molecule has 0 aliphatic rings. The van der Waals surface area contributed by atoms with Crippen LogP contribution in [0.5, 0.6) is 5.75 Å². The minimum Gasteiger partial charge on any atom is -0.507 e. The van der Waals surface area contributed by atoms with E-state index in [0.717, 1.165) is 4.90 Å². The van der Waals surface area contributed by atoms with Crippen molar-refractivity contribution in [3.05, 3.63) is 59.4 Å². The van der Waals surface area contributed by atoms with E-state index in [-0.39, 0.29) is 11.6 Å². The van der Waals surface area contributed by atoms with E-state index in [4.69, 9.17) is 16.1 Å². The topological polar surface area (TPSA) is 59.2 Å². The van der Waals surface area contributed by atoms with Crippen molar-refractivity contribution < 1.29 is 9.63 Å². The summed E-state index contributed by atoms with van der Waals surface area (Å²) in [4.78, 5) is 5.41. The molecular formula is C15H11ClN2O2S. The van der Waals surface area contributed by atoms with Gasteiger partial charge in [0.25, 0.3) is 5.89 Å². The van der Waals surface area contributed by atoms with Gasteiger partial charge in [-0.05, 0) is 30.3 Å². The summed E-state index contributed by atoms with van der Waals surface area (Å²) in [7, 11) is 0. The molecule has 6 heteroatoms. The molecule has 0 atom stereocenters. The maximum atomic E-state index is 9.81. The summed E-state index contributed by atoms with van der Waals surface area (Å²) in [5.41, 5.74) is 0.436. The van der Waals surface area contributed by atoms with E-state index in [1.807, 2.05) is 30.3 Å². The molecule has 0 aliphatic heterocycles. The minimum atomic E-state index is 0.0605. The molecule has 0 fully saturated rings. The fraction of sp³-hybridized carbons (Fsp3) is 0.0667. The van der Waals surface area contributed by atoms with Crippen molar-refractivity contribution in [3.63, 3.8) is 0 Å². The summed E-state index contributed by atoms with van der Waals surface area (Å²) in [6.07, 6.45) is 0. The van der Waals surface area contributed by atoms with Gasteiger partial charge in [0.1, 0.15) is 5.75 Å². The molecule has 1 aromatic heterocycles. The Balaban J connectivity index is 1.76. The predicted octanol–water partition coefficient (Wildman–Crippen LogP) is 4.39. The smallest absolute Gasteiger partial charge is 0.261 e. The first-order chi connectivity index (χ1) is 10.2. The lowest BCUT2D eigenvalue weighted by molar-refractivity contribution is 0.419. The van der Waals surface area contributed by atoms with E-state index >= 15 is 0 Å². The number of phenols is 1. The highest BCUT2D eigenvalue weighted by molar-refractivity contribution is 7.98. The largest absolute Gasteiger partial charge is 0.507 e. The van der Waals surface area contributed by atoms with Gasteiger partial charge in [-0.3, -0.25) is 0 Å². The SMILES string of the molecule is Oc1ccc(Cl)cc1-c1nc(CSc2ccccc2)no1. The van der Waals surface area contributed by atoms with Crippen molar-refractivity contribution >= 4 is 23.4 Å². The Kier molecular flexibility index (Phi) is 4.13. The molecule has 21 heavy (non-hydrogen) atoms. The van der Waals surface area contributed by atoms with Gasteiger partial charge in [0.15, 0.2) is 5.82 Å². The third-order valence-electron chi connectivity index (χ3n) is 2.77. The molecule has 3 rings (SSSR count). The summed E-state index contributed by atoms with van der Waals surface area (Å²) in [6.45, 7) is 0. The van der Waals surface area contributed by atoms with Crippen LogP contribution in [0.2, 0.25) is 5.02 Å². The average molecular weight is 319 g/mol. The van der Waals surface area contributed by atoms with E-state index in [9.17, 15) is 5.11 Å². The zero-order chi connectivity index (χ0) is 14.7. The van der Waals surface area contributed by atoms with Gasteiger partial charge in [-0.15, -0.1) is 11.8 Å². The standard InChI is InChI=1S/C15H11ClN2O2S/c16-10-6-7-13(19)12(8-10)15-17-14(18-20-15)9-21-11-4-2-1-3-5-11/h1-8,19H,9H2. The van der Waals surface area contributed by atoms with Gasteiger partial charge in [-0.25, -0.2) is 0 Å². The van der Waals surface area contributed by atoms with Crippen LogP contribution in [-0.2, 0) is 5.75 Å². The number of thioether (sulfide) groups is 1. The van der Waals surface area contributed by atoms with Crippen molar-refractivity contribution in [3.8, 4) is 17.2 Å². The quantitative estimate of drug-likeness (QED) is 0.723. The summed E-state index contributed by atoms with van der Waals surface area (Å²) in [6, 6.07) is 14.7. The normalized spacial score (nSPS) is 10.7. The molecule has 0 radical (unpaired) electrons. The highest BCUT2D eigenvalue weighted by Crippen LogP contribution is 2.31. The highest BCUT2D eigenvalue weighted by atomic mass is 35.5. The Bertz CT molecular complexity index is 746. The fourth-order valence-electron chi connectivity index (χ4n) is 1.77. The van der Waals surface area contributed by atoms with Crippen molar-refractivity contribution in [1.29, 1.82) is 0 Å². The first-order valence-corrected chi connectivity index (χ1v) is 7.58. The first-order valence-electron chi connectivity index (χ1n) is 6.22. The Labute approximate surface area is 130 Å². The molecule has 106 valence electrons. The number of halogens is 1. The molecule has 2 aromatic carbocycles. The molecule has 0 spiro atoms. The van der Waals surface area contributed by atoms with Crippen LogP contribution >= 0.6 is 23.4 Å². The lowest BCUT2D eigenvalue weighted by atomic mass is 10.2. The van der Waals surface area contributed by atoms with Crippen LogP contribution in [0, 0.1) is 0 Å². The monoisotopic (exact) mass is 318 g/mol. The second-order valence-electron chi connectivity index (χ2n) is 4.28. The van der Waals surface area contributed by atoms with Gasteiger partial charge < -0.3 is 9.63 Å². The molecular weight excluding hydrogens is 308 g/mol. The Morgan fingerprint density at radius 3 is 2.76 bits per heavy atom. The fourth-order valence-corrected chi connectivity index (χ4v) is 2.70. The van der Waals surface area contributed by atoms with E-state index in [1.165, 1.54) is 6.07 Å².